The van der Waals surface area contributed by atoms with Gasteiger partial charge in [0.15, 0.2) is 0 Å². The molecular formula is C16H24N2O3. The highest BCUT2D eigenvalue weighted by Crippen LogP contribution is 2.18. The lowest BCUT2D eigenvalue weighted by atomic mass is 9.90. The Morgan fingerprint density at radius 1 is 1.38 bits per heavy atom. The topological polar surface area (TPSA) is 73.6 Å². The van der Waals surface area contributed by atoms with E-state index in [1.54, 1.807) is 0 Å². The maximum Gasteiger partial charge on any atom is 0.240 e. The van der Waals surface area contributed by atoms with Crippen LogP contribution in [0.3, 0.4) is 0 Å². The van der Waals surface area contributed by atoms with E-state index in [2.05, 4.69) is 5.32 Å². The van der Waals surface area contributed by atoms with Gasteiger partial charge in [0, 0.05) is 13.2 Å². The van der Waals surface area contributed by atoms with Gasteiger partial charge >= 0.3 is 0 Å². The fourth-order valence-corrected chi connectivity index (χ4v) is 2.23. The number of hydrogen-bond donors (Lipinski definition) is 2. The number of nitrogens with two attached hydrogens (primary N) is 1. The van der Waals surface area contributed by atoms with Crippen LogP contribution in [0, 0.1) is 6.92 Å². The van der Waals surface area contributed by atoms with E-state index in [0.29, 0.717) is 32.7 Å². The van der Waals surface area contributed by atoms with Crippen molar-refractivity contribution in [2.24, 2.45) is 5.73 Å². The standard InChI is InChI=1S/C16H24N2O3/c1-12-3-5-14(6-4-12)21-11-13(2)18-15(19)16(17)7-9-20-10-8-16/h3-6,13H,7-11,17H2,1-2H3,(H,18,19). The lowest BCUT2D eigenvalue weighted by Crippen LogP contribution is -2.58. The van der Waals surface area contributed by atoms with Crippen LogP contribution < -0.4 is 15.8 Å². The third-order valence-corrected chi connectivity index (χ3v) is 3.74. The molecule has 1 aromatic rings. The average Bonchev–Trinajstić information content (AvgIpc) is 2.47. The monoisotopic (exact) mass is 292 g/mol. The first kappa shape index (κ1) is 15.8. The van der Waals surface area contributed by atoms with Crippen LogP contribution in [0.5, 0.6) is 5.75 Å². The highest BCUT2D eigenvalue weighted by Gasteiger charge is 2.36. The molecule has 5 heteroatoms. The Kier molecular flexibility index (Phi) is 5.20. The molecule has 1 unspecified atom stereocenters. The van der Waals surface area contributed by atoms with E-state index >= 15 is 0 Å². The van der Waals surface area contributed by atoms with Gasteiger partial charge in [-0.3, -0.25) is 4.79 Å². The first-order chi connectivity index (χ1) is 9.99. The van der Waals surface area contributed by atoms with Crippen molar-refractivity contribution >= 4 is 5.91 Å². The summed E-state index contributed by atoms with van der Waals surface area (Å²) >= 11 is 0. The minimum atomic E-state index is -0.809. The van der Waals surface area contributed by atoms with Gasteiger partial charge in [-0.2, -0.15) is 0 Å². The maximum absolute atomic E-state index is 12.2. The number of ether oxygens (including phenoxy) is 2. The normalized spacial score (nSPS) is 18.8. The van der Waals surface area contributed by atoms with Crippen molar-refractivity contribution in [2.45, 2.75) is 38.3 Å². The van der Waals surface area contributed by atoms with E-state index in [0.717, 1.165) is 5.75 Å². The molecule has 1 fully saturated rings. The molecule has 0 aromatic heterocycles. The second-order valence-corrected chi connectivity index (χ2v) is 5.77. The fraction of sp³-hybridized carbons (Fsp3) is 0.562. The summed E-state index contributed by atoms with van der Waals surface area (Å²) in [6.07, 6.45) is 1.12. The van der Waals surface area contributed by atoms with E-state index < -0.39 is 5.54 Å². The average molecular weight is 292 g/mol. The van der Waals surface area contributed by atoms with Crippen molar-refractivity contribution in [3.8, 4) is 5.75 Å². The zero-order valence-electron chi connectivity index (χ0n) is 12.7. The molecule has 0 bridgehead atoms. The van der Waals surface area contributed by atoms with Crippen molar-refractivity contribution in [1.82, 2.24) is 5.32 Å². The number of rotatable bonds is 5. The number of aryl methyl sites for hydroxylation is 1. The Hall–Kier alpha value is -1.59. The van der Waals surface area contributed by atoms with Gasteiger partial charge in [-0.05, 0) is 38.8 Å². The Morgan fingerprint density at radius 3 is 2.62 bits per heavy atom. The van der Waals surface area contributed by atoms with Crippen molar-refractivity contribution in [1.29, 1.82) is 0 Å². The molecule has 0 radical (unpaired) electrons. The van der Waals surface area contributed by atoms with Crippen LogP contribution in [0.2, 0.25) is 0 Å². The van der Waals surface area contributed by atoms with E-state index in [-0.39, 0.29) is 11.9 Å². The van der Waals surface area contributed by atoms with Crippen LogP contribution in [0.1, 0.15) is 25.3 Å². The molecular weight excluding hydrogens is 268 g/mol. The van der Waals surface area contributed by atoms with Gasteiger partial charge in [-0.25, -0.2) is 0 Å². The lowest BCUT2D eigenvalue weighted by molar-refractivity contribution is -0.130. The maximum atomic E-state index is 12.2. The molecule has 1 heterocycles. The molecule has 1 aliphatic rings. The summed E-state index contributed by atoms with van der Waals surface area (Å²) in [6.45, 7) is 5.44. The third kappa shape index (κ3) is 4.44. The molecule has 5 nitrogen and oxygen atoms in total. The Balaban J connectivity index is 1.79. The van der Waals surface area contributed by atoms with Crippen molar-refractivity contribution in [3.63, 3.8) is 0 Å². The smallest absolute Gasteiger partial charge is 0.240 e. The molecule has 3 N–H and O–H groups in total. The zero-order valence-corrected chi connectivity index (χ0v) is 12.7. The van der Waals surface area contributed by atoms with E-state index in [1.807, 2.05) is 38.1 Å². The molecule has 2 rings (SSSR count). The van der Waals surface area contributed by atoms with Gasteiger partial charge < -0.3 is 20.5 Å². The van der Waals surface area contributed by atoms with Gasteiger partial charge in [-0.1, -0.05) is 17.7 Å². The molecule has 21 heavy (non-hydrogen) atoms. The third-order valence-electron chi connectivity index (χ3n) is 3.74. The van der Waals surface area contributed by atoms with Crippen LogP contribution in [0.4, 0.5) is 0 Å². The lowest BCUT2D eigenvalue weighted by Gasteiger charge is -2.32. The summed E-state index contributed by atoms with van der Waals surface area (Å²) in [6, 6.07) is 7.74. The number of hydrogen-bond acceptors (Lipinski definition) is 4. The fourth-order valence-electron chi connectivity index (χ4n) is 2.23. The Labute approximate surface area is 125 Å². The Bertz CT molecular complexity index is 467. The number of amides is 1. The number of nitrogens with one attached hydrogen (secondary N) is 1. The number of carbonyl (C=O) groups excluding carboxylic acids is 1. The predicted octanol–water partition coefficient (Wildman–Crippen LogP) is 1.39. The summed E-state index contributed by atoms with van der Waals surface area (Å²) < 4.78 is 10.9. The zero-order chi connectivity index (χ0) is 15.3. The SMILES string of the molecule is Cc1ccc(OCC(C)NC(=O)C2(N)CCOCC2)cc1. The van der Waals surface area contributed by atoms with Crippen LogP contribution in [0.15, 0.2) is 24.3 Å². The highest BCUT2D eigenvalue weighted by molar-refractivity contribution is 5.86. The van der Waals surface area contributed by atoms with Gasteiger partial charge in [-0.15, -0.1) is 0 Å². The van der Waals surface area contributed by atoms with Gasteiger partial charge in [0.1, 0.15) is 12.4 Å². The van der Waals surface area contributed by atoms with Crippen LogP contribution in [0.25, 0.3) is 0 Å². The van der Waals surface area contributed by atoms with Crippen molar-refractivity contribution in [3.05, 3.63) is 29.8 Å². The second-order valence-electron chi connectivity index (χ2n) is 5.77. The van der Waals surface area contributed by atoms with Gasteiger partial charge in [0.05, 0.1) is 11.6 Å². The largest absolute Gasteiger partial charge is 0.491 e. The summed E-state index contributed by atoms with van der Waals surface area (Å²) in [5, 5.41) is 2.93. The van der Waals surface area contributed by atoms with Crippen LogP contribution >= 0.6 is 0 Å². The van der Waals surface area contributed by atoms with Crippen LogP contribution in [-0.4, -0.2) is 37.3 Å². The first-order valence-corrected chi connectivity index (χ1v) is 7.37. The molecule has 1 atom stereocenters. The summed E-state index contributed by atoms with van der Waals surface area (Å²) in [7, 11) is 0. The minimum absolute atomic E-state index is 0.0953. The van der Waals surface area contributed by atoms with Crippen molar-refractivity contribution < 1.29 is 14.3 Å². The highest BCUT2D eigenvalue weighted by atomic mass is 16.5. The Morgan fingerprint density at radius 2 is 2.00 bits per heavy atom. The molecule has 0 spiro atoms. The first-order valence-electron chi connectivity index (χ1n) is 7.37. The van der Waals surface area contributed by atoms with Crippen LogP contribution in [-0.2, 0) is 9.53 Å². The summed E-state index contributed by atoms with van der Waals surface area (Å²) in [4.78, 5) is 12.2. The van der Waals surface area contributed by atoms with E-state index in [4.69, 9.17) is 15.2 Å². The second kappa shape index (κ2) is 6.91. The van der Waals surface area contributed by atoms with Gasteiger partial charge in [0.2, 0.25) is 5.91 Å². The predicted molar refractivity (Wildman–Crippen MR) is 81.3 cm³/mol. The molecule has 1 amide bonds. The minimum Gasteiger partial charge on any atom is -0.491 e. The quantitative estimate of drug-likeness (QED) is 0.860. The number of carbonyl (C=O) groups is 1. The molecule has 0 aliphatic carbocycles. The van der Waals surface area contributed by atoms with Gasteiger partial charge in [0.25, 0.3) is 0 Å². The number of benzene rings is 1. The van der Waals surface area contributed by atoms with E-state index in [1.165, 1.54) is 5.56 Å². The summed E-state index contributed by atoms with van der Waals surface area (Å²) in [5.41, 5.74) is 6.52. The van der Waals surface area contributed by atoms with Crippen molar-refractivity contribution in [2.75, 3.05) is 19.8 Å². The molecule has 116 valence electrons. The molecule has 1 aliphatic heterocycles. The molecule has 0 saturated carbocycles. The summed E-state index contributed by atoms with van der Waals surface area (Å²) in [5.74, 6) is 0.682. The molecule has 1 aromatic carbocycles. The molecule has 1 saturated heterocycles. The van der Waals surface area contributed by atoms with E-state index in [9.17, 15) is 4.79 Å².